The van der Waals surface area contributed by atoms with Crippen LogP contribution in [0.1, 0.15) is 22.8 Å². The maximum atomic E-state index is 12.9. The average Bonchev–Trinajstić information content (AvgIpc) is 2.60. The molecule has 7 nitrogen and oxygen atoms in total. The van der Waals surface area contributed by atoms with Crippen LogP contribution in [0.5, 0.6) is 11.5 Å². The topological polar surface area (TPSA) is 87.9 Å². The fraction of sp³-hybridized carbons (Fsp3) is 0.235. The summed E-state index contributed by atoms with van der Waals surface area (Å²) in [7, 11) is 1.34. The summed E-state index contributed by atoms with van der Waals surface area (Å²) in [6.07, 6.45) is 0. The van der Waals surface area contributed by atoms with E-state index in [1.165, 1.54) is 37.4 Å². The van der Waals surface area contributed by atoms with Gasteiger partial charge >= 0.3 is 5.97 Å². The molecule has 0 saturated heterocycles. The van der Waals surface area contributed by atoms with Gasteiger partial charge in [0.1, 0.15) is 18.0 Å². The number of halogens is 1. The molecule has 8 heteroatoms. The Kier molecular flexibility index (Phi) is 5.89. The Morgan fingerprint density at radius 1 is 1.20 bits per heavy atom. The Morgan fingerprint density at radius 2 is 1.88 bits per heavy atom. The molecule has 0 aliphatic rings. The minimum atomic E-state index is -0.889. The summed E-state index contributed by atoms with van der Waals surface area (Å²) >= 11 is 0. The van der Waals surface area contributed by atoms with Crippen LogP contribution < -0.4 is 9.47 Å². The Morgan fingerprint density at radius 3 is 2.44 bits per heavy atom. The number of methoxy groups -OCH3 is 1. The Hall–Kier alpha value is -3.16. The van der Waals surface area contributed by atoms with Crippen molar-refractivity contribution < 1.29 is 28.3 Å². The second-order valence-corrected chi connectivity index (χ2v) is 4.91. The summed E-state index contributed by atoms with van der Waals surface area (Å²) in [6.45, 7) is 1.87. The van der Waals surface area contributed by atoms with E-state index >= 15 is 0 Å². The molecule has 0 aromatic heterocycles. The number of esters is 1. The number of nitrogens with zero attached hydrogens (tertiary/aromatic N) is 1. The van der Waals surface area contributed by atoms with E-state index in [1.807, 2.05) is 0 Å². The largest absolute Gasteiger partial charge is 0.493 e. The standard InChI is InChI=1S/C17H16FNO6/c1-3-24-16-8-13(14(19(21)22)9-15(16)23-2)17(20)25-10-11-4-6-12(18)7-5-11/h4-9H,3,10H2,1-2H3. The van der Waals surface area contributed by atoms with E-state index in [4.69, 9.17) is 14.2 Å². The molecule has 0 atom stereocenters. The third-order valence-corrected chi connectivity index (χ3v) is 3.28. The van der Waals surface area contributed by atoms with Crippen molar-refractivity contribution in [3.05, 3.63) is 63.5 Å². The zero-order valence-corrected chi connectivity index (χ0v) is 13.7. The summed E-state index contributed by atoms with van der Waals surface area (Å²) in [5, 5.41) is 11.2. The van der Waals surface area contributed by atoms with Gasteiger partial charge in [0.2, 0.25) is 0 Å². The molecule has 0 aliphatic heterocycles. The average molecular weight is 349 g/mol. The van der Waals surface area contributed by atoms with Gasteiger partial charge in [0.25, 0.3) is 5.69 Å². The van der Waals surface area contributed by atoms with Crippen molar-refractivity contribution in [1.82, 2.24) is 0 Å². The van der Waals surface area contributed by atoms with E-state index in [-0.39, 0.29) is 30.3 Å². The minimum absolute atomic E-state index is 0.142. The molecule has 2 rings (SSSR count). The van der Waals surface area contributed by atoms with Gasteiger partial charge in [0.05, 0.1) is 24.7 Å². The summed E-state index contributed by atoms with van der Waals surface area (Å²) in [6, 6.07) is 7.69. The second-order valence-electron chi connectivity index (χ2n) is 4.91. The lowest BCUT2D eigenvalue weighted by molar-refractivity contribution is -0.385. The van der Waals surface area contributed by atoms with Crippen molar-refractivity contribution in [3.8, 4) is 11.5 Å². The predicted octanol–water partition coefficient (Wildman–Crippen LogP) is 3.50. The highest BCUT2D eigenvalue weighted by Crippen LogP contribution is 2.35. The summed E-state index contributed by atoms with van der Waals surface area (Å²) in [4.78, 5) is 22.8. The highest BCUT2D eigenvalue weighted by molar-refractivity contribution is 5.95. The number of hydrogen-bond donors (Lipinski definition) is 0. The number of nitro groups is 1. The molecule has 132 valence electrons. The molecule has 0 heterocycles. The molecule has 0 saturated carbocycles. The van der Waals surface area contributed by atoms with Crippen LogP contribution in [0.4, 0.5) is 10.1 Å². The van der Waals surface area contributed by atoms with E-state index in [0.29, 0.717) is 5.56 Å². The summed E-state index contributed by atoms with van der Waals surface area (Å²) in [5.41, 5.74) is -0.156. The van der Waals surface area contributed by atoms with Gasteiger partial charge < -0.3 is 14.2 Å². The molecule has 2 aromatic rings. The highest BCUT2D eigenvalue weighted by Gasteiger charge is 2.25. The predicted molar refractivity (Wildman–Crippen MR) is 86.3 cm³/mol. The quantitative estimate of drug-likeness (QED) is 0.432. The first-order chi connectivity index (χ1) is 12.0. The van der Waals surface area contributed by atoms with Crippen molar-refractivity contribution in [2.24, 2.45) is 0 Å². The lowest BCUT2D eigenvalue weighted by atomic mass is 10.1. The van der Waals surface area contributed by atoms with Crippen LogP contribution in [0.2, 0.25) is 0 Å². The highest BCUT2D eigenvalue weighted by atomic mass is 19.1. The lowest BCUT2D eigenvalue weighted by Gasteiger charge is -2.11. The number of benzene rings is 2. The van der Waals surface area contributed by atoms with E-state index in [0.717, 1.165) is 6.07 Å². The normalized spacial score (nSPS) is 10.2. The Labute approximate surface area is 143 Å². The van der Waals surface area contributed by atoms with Gasteiger partial charge in [-0.05, 0) is 24.6 Å². The van der Waals surface area contributed by atoms with Crippen molar-refractivity contribution >= 4 is 11.7 Å². The SMILES string of the molecule is CCOc1cc(C(=O)OCc2ccc(F)cc2)c([N+](=O)[O-])cc1OC. The molecule has 25 heavy (non-hydrogen) atoms. The monoisotopic (exact) mass is 349 g/mol. The van der Waals surface area contributed by atoms with Gasteiger partial charge in [-0.2, -0.15) is 0 Å². The number of carbonyl (C=O) groups is 1. The van der Waals surface area contributed by atoms with Crippen LogP contribution in [0.15, 0.2) is 36.4 Å². The van der Waals surface area contributed by atoms with Gasteiger partial charge in [0, 0.05) is 6.07 Å². The van der Waals surface area contributed by atoms with Crippen LogP contribution in [-0.2, 0) is 11.3 Å². The van der Waals surface area contributed by atoms with Crippen LogP contribution >= 0.6 is 0 Å². The fourth-order valence-corrected chi connectivity index (χ4v) is 2.10. The maximum absolute atomic E-state index is 12.9. The first-order valence-electron chi connectivity index (χ1n) is 7.37. The molecule has 0 bridgehead atoms. The van der Waals surface area contributed by atoms with Gasteiger partial charge in [0.15, 0.2) is 11.5 Å². The molecule has 0 fully saturated rings. The molecular weight excluding hydrogens is 333 g/mol. The van der Waals surface area contributed by atoms with Crippen LogP contribution in [0.25, 0.3) is 0 Å². The summed E-state index contributed by atoms with van der Waals surface area (Å²) in [5.74, 6) is -0.963. The maximum Gasteiger partial charge on any atom is 0.345 e. The third kappa shape index (κ3) is 4.43. The van der Waals surface area contributed by atoms with Gasteiger partial charge in [-0.25, -0.2) is 9.18 Å². The van der Waals surface area contributed by atoms with Gasteiger partial charge in [-0.3, -0.25) is 10.1 Å². The molecule has 0 amide bonds. The summed E-state index contributed by atoms with van der Waals surface area (Å²) < 4.78 is 28.3. The molecule has 0 unspecified atom stereocenters. The van der Waals surface area contributed by atoms with Crippen molar-refractivity contribution in [3.63, 3.8) is 0 Å². The molecule has 0 spiro atoms. The number of carbonyl (C=O) groups excluding carboxylic acids is 1. The smallest absolute Gasteiger partial charge is 0.345 e. The van der Waals surface area contributed by atoms with Gasteiger partial charge in [-0.1, -0.05) is 12.1 Å². The van der Waals surface area contributed by atoms with E-state index in [9.17, 15) is 19.3 Å². The molecule has 0 radical (unpaired) electrons. The first-order valence-corrected chi connectivity index (χ1v) is 7.37. The molecular formula is C17H16FNO6. The fourth-order valence-electron chi connectivity index (χ4n) is 2.10. The van der Waals surface area contributed by atoms with Crippen LogP contribution in [0, 0.1) is 15.9 Å². The number of nitro benzene ring substituents is 1. The van der Waals surface area contributed by atoms with Crippen LogP contribution in [0.3, 0.4) is 0 Å². The molecule has 2 aromatic carbocycles. The minimum Gasteiger partial charge on any atom is -0.493 e. The van der Waals surface area contributed by atoms with Crippen molar-refractivity contribution in [1.29, 1.82) is 0 Å². The van der Waals surface area contributed by atoms with Crippen molar-refractivity contribution in [2.45, 2.75) is 13.5 Å². The lowest BCUT2D eigenvalue weighted by Crippen LogP contribution is -2.10. The molecule has 0 N–H and O–H groups in total. The zero-order valence-electron chi connectivity index (χ0n) is 13.7. The number of hydrogen-bond acceptors (Lipinski definition) is 6. The Balaban J connectivity index is 2.28. The van der Waals surface area contributed by atoms with E-state index < -0.39 is 22.4 Å². The van der Waals surface area contributed by atoms with E-state index in [2.05, 4.69) is 0 Å². The van der Waals surface area contributed by atoms with E-state index in [1.54, 1.807) is 6.92 Å². The second kappa shape index (κ2) is 8.09. The third-order valence-electron chi connectivity index (χ3n) is 3.28. The number of rotatable bonds is 7. The Bertz CT molecular complexity index is 775. The molecule has 0 aliphatic carbocycles. The number of ether oxygens (including phenoxy) is 3. The first kappa shape index (κ1) is 18.2. The zero-order chi connectivity index (χ0) is 18.4. The van der Waals surface area contributed by atoms with Crippen LogP contribution in [-0.4, -0.2) is 24.6 Å². The van der Waals surface area contributed by atoms with Gasteiger partial charge in [-0.15, -0.1) is 0 Å². The van der Waals surface area contributed by atoms with Crippen molar-refractivity contribution in [2.75, 3.05) is 13.7 Å².